The maximum absolute atomic E-state index is 12.7. The monoisotopic (exact) mass is 533 g/mol. The number of carbonyl (C=O) groups excluding carboxylic acids is 2. The number of aromatic nitrogens is 3. The Morgan fingerprint density at radius 1 is 1.16 bits per heavy atom. The van der Waals surface area contributed by atoms with Crippen molar-refractivity contribution in [3.05, 3.63) is 87.1 Å². The molecule has 2 amide bonds. The average Bonchev–Trinajstić information content (AvgIpc) is 3.31. The van der Waals surface area contributed by atoms with Crippen LogP contribution < -0.4 is 16.2 Å². The van der Waals surface area contributed by atoms with Gasteiger partial charge in [0.25, 0.3) is 5.56 Å². The number of ether oxygens (including phenoxy) is 1. The van der Waals surface area contributed by atoms with Gasteiger partial charge in [0.1, 0.15) is 0 Å². The van der Waals surface area contributed by atoms with Gasteiger partial charge in [-0.25, -0.2) is 14.6 Å². The number of urea groups is 1. The smallest absolute Gasteiger partial charge is 0.416 e. The van der Waals surface area contributed by atoms with Gasteiger partial charge in [0.2, 0.25) is 5.69 Å². The third-order valence-electron chi connectivity index (χ3n) is 5.18. The molecule has 0 aliphatic heterocycles. The van der Waals surface area contributed by atoms with Crippen molar-refractivity contribution in [3.8, 4) is 5.69 Å². The summed E-state index contributed by atoms with van der Waals surface area (Å²) in [6.45, 7) is 1.82. The Morgan fingerprint density at radius 2 is 1.89 bits per heavy atom. The molecule has 0 aliphatic carbocycles. The van der Waals surface area contributed by atoms with E-state index < -0.39 is 29.3 Å². The predicted octanol–water partition coefficient (Wildman–Crippen LogP) is 4.88. The van der Waals surface area contributed by atoms with E-state index in [1.807, 2.05) is 0 Å². The number of nitrogens with one attached hydrogen (secondary N) is 3. The molecule has 9 nitrogen and oxygen atoms in total. The average molecular weight is 534 g/mol. The summed E-state index contributed by atoms with van der Waals surface area (Å²) in [4.78, 5) is 43.0. The van der Waals surface area contributed by atoms with Gasteiger partial charge in [-0.3, -0.25) is 4.79 Å². The second-order valence-corrected chi connectivity index (χ2v) is 8.17. The number of hydrogen-bond donors (Lipinski definition) is 3. The molecule has 0 saturated heterocycles. The lowest BCUT2D eigenvalue weighted by Crippen LogP contribution is -2.28. The maximum atomic E-state index is 12.7. The van der Waals surface area contributed by atoms with E-state index in [1.54, 1.807) is 36.0 Å². The highest BCUT2D eigenvalue weighted by Crippen LogP contribution is 2.30. The van der Waals surface area contributed by atoms with Gasteiger partial charge in [-0.1, -0.05) is 11.6 Å². The number of benzene rings is 2. The van der Waals surface area contributed by atoms with Gasteiger partial charge in [0.05, 0.1) is 33.9 Å². The summed E-state index contributed by atoms with van der Waals surface area (Å²) in [7, 11) is 0. The van der Waals surface area contributed by atoms with Gasteiger partial charge >= 0.3 is 18.2 Å². The van der Waals surface area contributed by atoms with Gasteiger partial charge in [-0.15, -0.1) is 0 Å². The molecule has 2 aromatic carbocycles. The van der Waals surface area contributed by atoms with Crippen molar-refractivity contribution >= 4 is 40.3 Å². The molecular weight excluding hydrogens is 515 g/mol. The SMILES string of the molecule is CCOC(=O)c1nc2cc(-n3ccc(CNC(=O)Nc4ccc(C(F)(F)F)cc4)c3)c(Cl)cc2[nH]c1=O. The molecule has 0 aliphatic rings. The molecule has 192 valence electrons. The van der Waals surface area contributed by atoms with Crippen molar-refractivity contribution in [1.82, 2.24) is 19.9 Å². The van der Waals surface area contributed by atoms with Gasteiger partial charge < -0.3 is 24.9 Å². The molecule has 0 spiro atoms. The fraction of sp³-hybridized carbons (Fsp3) is 0.167. The largest absolute Gasteiger partial charge is 0.461 e. The molecule has 0 fully saturated rings. The van der Waals surface area contributed by atoms with Crippen LogP contribution in [0.5, 0.6) is 0 Å². The van der Waals surface area contributed by atoms with Crippen LogP contribution in [0.15, 0.2) is 59.7 Å². The number of esters is 1. The van der Waals surface area contributed by atoms with E-state index in [0.29, 0.717) is 27.3 Å². The molecule has 13 heteroatoms. The van der Waals surface area contributed by atoms with Crippen molar-refractivity contribution < 1.29 is 27.5 Å². The van der Waals surface area contributed by atoms with E-state index in [1.165, 1.54) is 6.07 Å². The van der Waals surface area contributed by atoms with Crippen molar-refractivity contribution in [2.24, 2.45) is 0 Å². The second-order valence-electron chi connectivity index (χ2n) is 7.77. The lowest BCUT2D eigenvalue weighted by atomic mass is 10.2. The standard InChI is InChI=1S/C24H19ClF3N5O4/c1-2-37-22(35)20-21(34)32-17-9-16(25)19(10-18(17)31-20)33-8-7-13(12-33)11-29-23(36)30-15-5-3-14(4-6-15)24(26,27)28/h3-10,12H,2,11H2,1H3,(H,32,34)(H2,29,30,36). The first kappa shape index (κ1) is 25.8. The van der Waals surface area contributed by atoms with Gasteiger partial charge in [-0.05, 0) is 55.0 Å². The first-order valence-electron chi connectivity index (χ1n) is 10.8. The van der Waals surface area contributed by atoms with Gasteiger partial charge in [0, 0.05) is 24.6 Å². The van der Waals surface area contributed by atoms with Crippen LogP contribution in [-0.4, -0.2) is 33.1 Å². The number of aromatic amines is 1. The molecule has 2 heterocycles. The topological polar surface area (TPSA) is 118 Å². The molecule has 0 bridgehead atoms. The van der Waals surface area contributed by atoms with Crippen LogP contribution in [0.2, 0.25) is 5.02 Å². The number of fused-ring (bicyclic) bond motifs is 1. The molecule has 4 rings (SSSR count). The molecule has 0 unspecified atom stereocenters. The number of alkyl halides is 3. The molecule has 2 aromatic heterocycles. The number of hydrogen-bond acceptors (Lipinski definition) is 5. The molecule has 0 radical (unpaired) electrons. The minimum Gasteiger partial charge on any atom is -0.461 e. The molecule has 0 saturated carbocycles. The third-order valence-corrected chi connectivity index (χ3v) is 5.49. The van der Waals surface area contributed by atoms with Crippen molar-refractivity contribution in [3.63, 3.8) is 0 Å². The lowest BCUT2D eigenvalue weighted by Gasteiger charge is -2.10. The Kier molecular flexibility index (Phi) is 7.21. The zero-order valence-corrected chi connectivity index (χ0v) is 19.9. The third kappa shape index (κ3) is 5.92. The normalized spacial score (nSPS) is 11.4. The van der Waals surface area contributed by atoms with E-state index in [4.69, 9.17) is 16.3 Å². The number of amides is 2. The quantitative estimate of drug-likeness (QED) is 0.305. The maximum Gasteiger partial charge on any atom is 0.416 e. The summed E-state index contributed by atoms with van der Waals surface area (Å²) < 4.78 is 44.5. The van der Waals surface area contributed by atoms with Gasteiger partial charge in [-0.2, -0.15) is 13.2 Å². The first-order chi connectivity index (χ1) is 17.5. The van der Waals surface area contributed by atoms with Crippen LogP contribution in [-0.2, 0) is 17.5 Å². The Labute approximate surface area is 212 Å². The molecule has 37 heavy (non-hydrogen) atoms. The second kappa shape index (κ2) is 10.3. The first-order valence-corrected chi connectivity index (χ1v) is 11.2. The minimum absolute atomic E-state index is 0.0897. The zero-order chi connectivity index (χ0) is 26.7. The summed E-state index contributed by atoms with van der Waals surface area (Å²) >= 11 is 6.40. The highest BCUT2D eigenvalue weighted by atomic mass is 35.5. The highest BCUT2D eigenvalue weighted by molar-refractivity contribution is 6.33. The Bertz CT molecular complexity index is 1530. The van der Waals surface area contributed by atoms with Crippen LogP contribution in [0, 0.1) is 0 Å². The van der Waals surface area contributed by atoms with Crippen LogP contribution in [0.4, 0.5) is 23.7 Å². The van der Waals surface area contributed by atoms with E-state index in [2.05, 4.69) is 20.6 Å². The number of nitrogens with zero attached hydrogens (tertiary/aromatic N) is 2. The van der Waals surface area contributed by atoms with E-state index >= 15 is 0 Å². The molecular formula is C24H19ClF3N5O4. The lowest BCUT2D eigenvalue weighted by molar-refractivity contribution is -0.137. The highest BCUT2D eigenvalue weighted by Gasteiger charge is 2.30. The van der Waals surface area contributed by atoms with Crippen molar-refractivity contribution in [1.29, 1.82) is 0 Å². The molecule has 3 N–H and O–H groups in total. The van der Waals surface area contributed by atoms with E-state index in [-0.39, 0.29) is 24.5 Å². The van der Waals surface area contributed by atoms with Gasteiger partial charge in [0.15, 0.2) is 0 Å². The predicted molar refractivity (Wildman–Crippen MR) is 130 cm³/mol. The Balaban J connectivity index is 1.46. The number of anilines is 1. The number of halogens is 4. The number of H-pyrrole nitrogens is 1. The van der Waals surface area contributed by atoms with E-state index in [0.717, 1.165) is 24.3 Å². The van der Waals surface area contributed by atoms with Crippen molar-refractivity contribution in [2.75, 3.05) is 11.9 Å². The van der Waals surface area contributed by atoms with Crippen molar-refractivity contribution in [2.45, 2.75) is 19.6 Å². The van der Waals surface area contributed by atoms with E-state index in [9.17, 15) is 27.6 Å². The fourth-order valence-corrected chi connectivity index (χ4v) is 3.69. The summed E-state index contributed by atoms with van der Waals surface area (Å²) in [5.74, 6) is -0.842. The summed E-state index contributed by atoms with van der Waals surface area (Å²) in [5.41, 5.74) is 0.166. The van der Waals surface area contributed by atoms with Crippen LogP contribution in [0.1, 0.15) is 28.5 Å². The van der Waals surface area contributed by atoms with Crippen LogP contribution >= 0.6 is 11.6 Å². The Hall–Kier alpha value is -4.32. The molecule has 0 atom stereocenters. The zero-order valence-electron chi connectivity index (χ0n) is 19.1. The summed E-state index contributed by atoms with van der Waals surface area (Å²) in [6, 6.07) is 8.30. The number of rotatable bonds is 6. The van der Waals surface area contributed by atoms with Crippen LogP contribution in [0.25, 0.3) is 16.7 Å². The minimum atomic E-state index is -4.46. The fourth-order valence-electron chi connectivity index (χ4n) is 3.43. The van der Waals surface area contributed by atoms with Crippen LogP contribution in [0.3, 0.4) is 0 Å². The number of carbonyl (C=O) groups is 2. The summed E-state index contributed by atoms with van der Waals surface area (Å²) in [5, 5.41) is 5.38. The molecule has 4 aromatic rings. The summed E-state index contributed by atoms with van der Waals surface area (Å²) in [6.07, 6.45) is -1.07. The Morgan fingerprint density at radius 3 is 2.57 bits per heavy atom.